The van der Waals surface area contributed by atoms with Crippen molar-refractivity contribution in [2.45, 2.75) is 104 Å². The molecule has 0 bridgehead atoms. The van der Waals surface area contributed by atoms with Crippen molar-refractivity contribution in [1.82, 2.24) is 0 Å². The van der Waals surface area contributed by atoms with E-state index in [1.807, 2.05) is 0 Å². The first-order chi connectivity index (χ1) is 16.3. The molecule has 7 heteroatoms. The van der Waals surface area contributed by atoms with Crippen LogP contribution in [0, 0.1) is 39.4 Å². The molecule has 7 nitrogen and oxygen atoms in total. The highest BCUT2D eigenvalue weighted by Gasteiger charge is 2.88. The van der Waals surface area contributed by atoms with E-state index in [0.717, 1.165) is 25.7 Å². The summed E-state index contributed by atoms with van der Waals surface area (Å²) in [5.74, 6) is 0.109. The van der Waals surface area contributed by atoms with Crippen molar-refractivity contribution >= 4 is 17.7 Å². The van der Waals surface area contributed by atoms with Gasteiger partial charge in [-0.25, -0.2) is 4.79 Å². The van der Waals surface area contributed by atoms with E-state index in [1.165, 1.54) is 6.92 Å². The molecule has 0 aromatic heterocycles. The summed E-state index contributed by atoms with van der Waals surface area (Å²) in [7, 11) is 0. The second kappa shape index (κ2) is 7.09. The number of rotatable bonds is 2. The number of esters is 2. The molecule has 0 aromatic carbocycles. The average molecular weight is 489 g/mol. The lowest BCUT2D eigenvalue weighted by molar-refractivity contribution is -0.266. The smallest absolute Gasteiger partial charge is 0.338 e. The zero-order valence-corrected chi connectivity index (χ0v) is 22.0. The molecule has 6 fully saturated rings. The topological polar surface area (TPSA) is 91.4 Å². The van der Waals surface area contributed by atoms with Gasteiger partial charge in [-0.3, -0.25) is 9.59 Å². The minimum Gasteiger partial charge on any atom is -0.462 e. The molecule has 6 rings (SSSR count). The molecule has 194 valence electrons. The Labute approximate surface area is 207 Å². The molecule has 3 aliphatic heterocycles. The monoisotopic (exact) mass is 488 g/mol. The van der Waals surface area contributed by atoms with Gasteiger partial charge in [0, 0.05) is 42.1 Å². The predicted octanol–water partition coefficient (Wildman–Crippen LogP) is 3.86. The minimum atomic E-state index is -0.745. The summed E-state index contributed by atoms with van der Waals surface area (Å²) in [6.45, 7) is 13.7. The molecule has 35 heavy (non-hydrogen) atoms. The maximum absolute atomic E-state index is 13.3. The third-order valence-electron chi connectivity index (χ3n) is 11.9. The van der Waals surface area contributed by atoms with Gasteiger partial charge in [-0.1, -0.05) is 34.6 Å². The number of epoxide rings is 1. The minimum absolute atomic E-state index is 0.103. The maximum Gasteiger partial charge on any atom is 0.338 e. The molecule has 0 amide bonds. The number of carbonyl (C=O) groups is 3. The number of hydrogen-bond donors (Lipinski definition) is 0. The Kier molecular flexibility index (Phi) is 4.84. The van der Waals surface area contributed by atoms with Crippen molar-refractivity contribution in [2.24, 2.45) is 39.4 Å². The normalized spacial score (nSPS) is 54.0. The second-order valence-electron chi connectivity index (χ2n) is 13.5. The summed E-state index contributed by atoms with van der Waals surface area (Å²) in [6, 6.07) is 0. The molecule has 3 saturated heterocycles. The van der Waals surface area contributed by atoms with Gasteiger partial charge in [-0.15, -0.1) is 0 Å². The van der Waals surface area contributed by atoms with Crippen LogP contribution in [0.5, 0.6) is 0 Å². The zero-order valence-electron chi connectivity index (χ0n) is 22.0. The van der Waals surface area contributed by atoms with Gasteiger partial charge >= 0.3 is 11.9 Å². The van der Waals surface area contributed by atoms with Gasteiger partial charge in [-0.2, -0.15) is 0 Å². The fourth-order valence-electron chi connectivity index (χ4n) is 10.3. The highest BCUT2D eigenvalue weighted by molar-refractivity contribution is 5.86. The maximum atomic E-state index is 13.3. The third-order valence-corrected chi connectivity index (χ3v) is 11.9. The molecular formula is C28H40O7. The van der Waals surface area contributed by atoms with Crippen LogP contribution in [-0.2, 0) is 33.3 Å². The Bertz CT molecular complexity index is 984. The van der Waals surface area contributed by atoms with E-state index in [4.69, 9.17) is 18.9 Å². The SMILES string of the molecule is CC(=O)OC1CC2C(C)(C)C(=O)CCC2(C)C2CCC3(C)C(C4CCOC4)OC(=O)C4OC43C12C. The van der Waals surface area contributed by atoms with E-state index in [0.29, 0.717) is 31.8 Å². The van der Waals surface area contributed by atoms with Crippen LogP contribution in [0.4, 0.5) is 0 Å². The fourth-order valence-corrected chi connectivity index (χ4v) is 10.3. The van der Waals surface area contributed by atoms with Crippen molar-refractivity contribution in [3.63, 3.8) is 0 Å². The summed E-state index contributed by atoms with van der Waals surface area (Å²) >= 11 is 0. The summed E-state index contributed by atoms with van der Waals surface area (Å²) in [6.07, 6.45) is 3.36. The highest BCUT2D eigenvalue weighted by Crippen LogP contribution is 2.79. The van der Waals surface area contributed by atoms with E-state index in [2.05, 4.69) is 34.6 Å². The van der Waals surface area contributed by atoms with Crippen LogP contribution in [0.25, 0.3) is 0 Å². The molecule has 10 atom stereocenters. The van der Waals surface area contributed by atoms with Crippen LogP contribution in [0.1, 0.15) is 80.1 Å². The van der Waals surface area contributed by atoms with Gasteiger partial charge < -0.3 is 18.9 Å². The summed E-state index contributed by atoms with van der Waals surface area (Å²) in [5.41, 5.74) is -2.29. The molecule has 1 spiro atoms. The molecule has 3 saturated carbocycles. The number of ketones is 1. The Hall–Kier alpha value is -1.47. The van der Waals surface area contributed by atoms with Crippen molar-refractivity contribution < 1.29 is 33.3 Å². The van der Waals surface area contributed by atoms with Gasteiger partial charge in [0.25, 0.3) is 0 Å². The first kappa shape index (κ1) is 23.9. The number of hydrogen-bond acceptors (Lipinski definition) is 7. The quantitative estimate of drug-likeness (QED) is 0.431. The van der Waals surface area contributed by atoms with Crippen LogP contribution >= 0.6 is 0 Å². The Morgan fingerprint density at radius 2 is 1.77 bits per heavy atom. The fraction of sp³-hybridized carbons (Fsp3) is 0.893. The van der Waals surface area contributed by atoms with Crippen molar-refractivity contribution in [3.8, 4) is 0 Å². The first-order valence-corrected chi connectivity index (χ1v) is 13.5. The number of Topliss-reactive ketones (excluding diaryl/α,β-unsaturated/α-hetero) is 1. The molecule has 10 unspecified atom stereocenters. The van der Waals surface area contributed by atoms with Crippen LogP contribution < -0.4 is 0 Å². The molecule has 3 heterocycles. The van der Waals surface area contributed by atoms with Gasteiger partial charge in [0.1, 0.15) is 23.6 Å². The van der Waals surface area contributed by atoms with Gasteiger partial charge in [0.15, 0.2) is 6.10 Å². The van der Waals surface area contributed by atoms with Crippen LogP contribution in [0.2, 0.25) is 0 Å². The third kappa shape index (κ3) is 2.67. The number of fused-ring (bicyclic) bond motifs is 3. The number of ether oxygens (including phenoxy) is 4. The highest BCUT2D eigenvalue weighted by atomic mass is 16.7. The van der Waals surface area contributed by atoms with Gasteiger partial charge in [-0.05, 0) is 49.4 Å². The summed E-state index contributed by atoms with van der Waals surface area (Å²) < 4.78 is 24.6. The van der Waals surface area contributed by atoms with Crippen molar-refractivity contribution in [3.05, 3.63) is 0 Å². The lowest BCUT2D eigenvalue weighted by atomic mass is 9.34. The van der Waals surface area contributed by atoms with E-state index >= 15 is 0 Å². The average Bonchev–Trinajstić information content (AvgIpc) is 3.35. The van der Waals surface area contributed by atoms with Crippen LogP contribution in [0.15, 0.2) is 0 Å². The second-order valence-corrected chi connectivity index (χ2v) is 13.5. The summed E-state index contributed by atoms with van der Waals surface area (Å²) in [5, 5.41) is 0. The predicted molar refractivity (Wildman–Crippen MR) is 125 cm³/mol. The lowest BCUT2D eigenvalue weighted by Crippen LogP contribution is -2.74. The largest absolute Gasteiger partial charge is 0.462 e. The first-order valence-electron chi connectivity index (χ1n) is 13.5. The molecule has 0 N–H and O–H groups in total. The van der Waals surface area contributed by atoms with E-state index in [1.54, 1.807) is 0 Å². The molecule has 0 aromatic rings. The Morgan fingerprint density at radius 3 is 2.43 bits per heavy atom. The molecule has 3 aliphatic carbocycles. The van der Waals surface area contributed by atoms with E-state index in [9.17, 15) is 14.4 Å². The van der Waals surface area contributed by atoms with Gasteiger partial charge in [0.2, 0.25) is 0 Å². The molecular weight excluding hydrogens is 448 g/mol. The zero-order chi connectivity index (χ0) is 25.2. The van der Waals surface area contributed by atoms with Crippen molar-refractivity contribution in [1.29, 1.82) is 0 Å². The lowest BCUT2D eigenvalue weighted by Gasteiger charge is -2.70. The standard InChI is InChI=1S/C28H40O7/c1-15(29)33-20-13-18-24(2,3)19(30)8-10-25(18,4)17-7-11-26(5)21(16-9-12-32-14-16)34-23(31)22-28(26,35-22)27(17,20)6/h16-18,20-22H,7-14H2,1-6H3. The Balaban J connectivity index is 1.50. The van der Waals surface area contributed by atoms with E-state index in [-0.39, 0.29) is 41.2 Å². The Morgan fingerprint density at radius 1 is 1.03 bits per heavy atom. The van der Waals surface area contributed by atoms with Crippen LogP contribution in [-0.4, -0.2) is 54.8 Å². The number of cyclic esters (lactones) is 1. The number of carbonyl (C=O) groups excluding carboxylic acids is 3. The van der Waals surface area contributed by atoms with Crippen molar-refractivity contribution in [2.75, 3.05) is 13.2 Å². The summed E-state index contributed by atoms with van der Waals surface area (Å²) in [4.78, 5) is 38.8. The van der Waals surface area contributed by atoms with Crippen LogP contribution in [0.3, 0.4) is 0 Å². The molecule has 6 aliphatic rings. The molecule has 0 radical (unpaired) electrons. The van der Waals surface area contributed by atoms with Gasteiger partial charge in [0.05, 0.1) is 6.61 Å². The van der Waals surface area contributed by atoms with E-state index < -0.39 is 34.1 Å².